The van der Waals surface area contributed by atoms with Gasteiger partial charge in [0.1, 0.15) is 11.5 Å². The number of aromatic nitrogens is 1. The number of ether oxygens (including phenoxy) is 2. The van der Waals surface area contributed by atoms with E-state index < -0.39 is 15.9 Å². The second-order valence-corrected chi connectivity index (χ2v) is 12.0. The highest BCUT2D eigenvalue weighted by Crippen LogP contribution is 2.34. The molecule has 0 bridgehead atoms. The summed E-state index contributed by atoms with van der Waals surface area (Å²) in [4.78, 5) is 17.9. The predicted octanol–water partition coefficient (Wildman–Crippen LogP) is 5.48. The molecule has 9 nitrogen and oxygen atoms in total. The number of nitrogens with one attached hydrogen (secondary N) is 2. The first-order chi connectivity index (χ1) is 18.3. The Morgan fingerprint density at radius 1 is 1.11 bits per heavy atom. The van der Waals surface area contributed by atoms with Gasteiger partial charge in [-0.05, 0) is 49.2 Å². The molecular formula is C26H31ClN4O5S2. The third-order valence-electron chi connectivity index (χ3n) is 6.50. The molecule has 0 unspecified atom stereocenters. The van der Waals surface area contributed by atoms with Crippen molar-refractivity contribution in [1.29, 1.82) is 0 Å². The Bertz CT molecular complexity index is 1390. The molecule has 1 heterocycles. The third kappa shape index (κ3) is 6.23. The highest BCUT2D eigenvalue weighted by molar-refractivity contribution is 7.89. The van der Waals surface area contributed by atoms with Gasteiger partial charge in [-0.1, -0.05) is 30.9 Å². The van der Waals surface area contributed by atoms with E-state index in [-0.39, 0.29) is 22.5 Å². The summed E-state index contributed by atoms with van der Waals surface area (Å²) in [6, 6.07) is 9.42. The maximum absolute atomic E-state index is 13.8. The standard InChI is InChI=1S/C26H31ClN4O5S2/c1-28-26-30-22(16-37-26)17-9-11-24(36-3)21(13-17)29-25(32)15-31(18-7-5-4-6-8-18)38(33,34)19-10-12-23(35-2)20(27)14-19/h9-14,16,18H,4-8,15H2,1-3H3,(H,28,30)(H,29,32). The highest BCUT2D eigenvalue weighted by atomic mass is 35.5. The number of thiazole rings is 1. The van der Waals surface area contributed by atoms with Crippen molar-refractivity contribution in [1.82, 2.24) is 9.29 Å². The van der Waals surface area contributed by atoms with Crippen LogP contribution in [-0.2, 0) is 14.8 Å². The molecule has 12 heteroatoms. The molecule has 1 saturated carbocycles. The number of anilines is 2. The van der Waals surface area contributed by atoms with Crippen molar-refractivity contribution < 1.29 is 22.7 Å². The number of carbonyl (C=O) groups excluding carboxylic acids is 1. The molecule has 1 aliphatic rings. The van der Waals surface area contributed by atoms with E-state index >= 15 is 0 Å². The molecule has 1 aliphatic carbocycles. The third-order valence-corrected chi connectivity index (χ3v) is 9.55. The van der Waals surface area contributed by atoms with E-state index in [1.165, 1.54) is 48.1 Å². The van der Waals surface area contributed by atoms with Gasteiger partial charge in [0, 0.05) is 24.0 Å². The van der Waals surface area contributed by atoms with Crippen molar-refractivity contribution in [3.8, 4) is 22.8 Å². The van der Waals surface area contributed by atoms with Gasteiger partial charge in [0.25, 0.3) is 0 Å². The van der Waals surface area contributed by atoms with Crippen LogP contribution in [0.5, 0.6) is 11.5 Å². The van der Waals surface area contributed by atoms with E-state index in [0.29, 0.717) is 30.0 Å². The van der Waals surface area contributed by atoms with Gasteiger partial charge in [-0.25, -0.2) is 13.4 Å². The molecule has 3 aromatic rings. The SMILES string of the molecule is CNc1nc(-c2ccc(OC)c(NC(=O)CN(C3CCCCC3)S(=O)(=O)c3ccc(OC)c(Cl)c3)c2)cs1. The zero-order valence-corrected chi connectivity index (χ0v) is 23.9. The summed E-state index contributed by atoms with van der Waals surface area (Å²) in [5.41, 5.74) is 1.98. The van der Waals surface area contributed by atoms with Gasteiger partial charge in [-0.2, -0.15) is 4.31 Å². The Balaban J connectivity index is 1.61. The summed E-state index contributed by atoms with van der Waals surface area (Å²) in [5, 5.41) is 8.74. The molecule has 0 radical (unpaired) electrons. The molecule has 2 aromatic carbocycles. The van der Waals surface area contributed by atoms with Gasteiger partial charge in [0.2, 0.25) is 15.9 Å². The smallest absolute Gasteiger partial charge is 0.243 e. The Labute approximate surface area is 232 Å². The van der Waals surface area contributed by atoms with Crippen LogP contribution in [0.1, 0.15) is 32.1 Å². The zero-order valence-electron chi connectivity index (χ0n) is 21.5. The van der Waals surface area contributed by atoms with Crippen molar-refractivity contribution >= 4 is 49.7 Å². The highest BCUT2D eigenvalue weighted by Gasteiger charge is 2.34. The van der Waals surface area contributed by atoms with Crippen molar-refractivity contribution in [2.24, 2.45) is 0 Å². The van der Waals surface area contributed by atoms with Crippen molar-refractivity contribution in [3.63, 3.8) is 0 Å². The van der Waals surface area contributed by atoms with E-state index in [2.05, 4.69) is 15.6 Å². The minimum Gasteiger partial charge on any atom is -0.495 e. The van der Waals surface area contributed by atoms with Crippen LogP contribution in [0.15, 0.2) is 46.7 Å². The first-order valence-electron chi connectivity index (χ1n) is 12.2. The van der Waals surface area contributed by atoms with Gasteiger partial charge in [-0.15, -0.1) is 11.3 Å². The summed E-state index contributed by atoms with van der Waals surface area (Å²) in [5.74, 6) is 0.366. The predicted molar refractivity (Wildman–Crippen MR) is 151 cm³/mol. The molecule has 0 atom stereocenters. The minimum atomic E-state index is -4.02. The summed E-state index contributed by atoms with van der Waals surface area (Å²) >= 11 is 7.71. The second kappa shape index (κ2) is 12.3. The number of carbonyl (C=O) groups is 1. The molecular weight excluding hydrogens is 548 g/mol. The summed E-state index contributed by atoms with van der Waals surface area (Å²) in [7, 11) is 0.759. The molecule has 0 saturated heterocycles. The van der Waals surface area contributed by atoms with Crippen LogP contribution in [0.2, 0.25) is 5.02 Å². The average molecular weight is 579 g/mol. The number of hydrogen-bond acceptors (Lipinski definition) is 8. The number of nitrogens with zero attached hydrogens (tertiary/aromatic N) is 2. The maximum atomic E-state index is 13.8. The minimum absolute atomic E-state index is 0.0186. The van der Waals surface area contributed by atoms with E-state index in [1.807, 2.05) is 11.4 Å². The summed E-state index contributed by atoms with van der Waals surface area (Å²) < 4.78 is 39.5. The van der Waals surface area contributed by atoms with E-state index in [4.69, 9.17) is 21.1 Å². The van der Waals surface area contributed by atoms with Gasteiger partial charge in [0.15, 0.2) is 5.13 Å². The van der Waals surface area contributed by atoms with Gasteiger partial charge in [-0.3, -0.25) is 4.79 Å². The fraction of sp³-hybridized carbons (Fsp3) is 0.385. The van der Waals surface area contributed by atoms with Crippen LogP contribution in [0.25, 0.3) is 11.3 Å². The zero-order chi connectivity index (χ0) is 27.3. The topological polar surface area (TPSA) is 110 Å². The van der Waals surface area contributed by atoms with Gasteiger partial charge in [0.05, 0.1) is 42.1 Å². The van der Waals surface area contributed by atoms with Crippen LogP contribution < -0.4 is 20.1 Å². The Hall–Kier alpha value is -2.86. The van der Waals surface area contributed by atoms with E-state index in [1.54, 1.807) is 19.2 Å². The average Bonchev–Trinajstić information content (AvgIpc) is 3.41. The molecule has 1 amide bonds. The Morgan fingerprint density at radius 2 is 1.82 bits per heavy atom. The lowest BCUT2D eigenvalue weighted by molar-refractivity contribution is -0.116. The fourth-order valence-corrected chi connectivity index (χ4v) is 7.21. The maximum Gasteiger partial charge on any atom is 0.243 e. The van der Waals surface area contributed by atoms with Crippen LogP contribution in [0, 0.1) is 0 Å². The van der Waals surface area contributed by atoms with Crippen LogP contribution in [0.4, 0.5) is 10.8 Å². The van der Waals surface area contributed by atoms with Gasteiger partial charge >= 0.3 is 0 Å². The van der Waals surface area contributed by atoms with Crippen molar-refractivity contribution in [2.45, 2.75) is 43.0 Å². The summed E-state index contributed by atoms with van der Waals surface area (Å²) in [6.45, 7) is -0.343. The normalized spacial score (nSPS) is 14.3. The number of benzene rings is 2. The number of amides is 1. The molecule has 1 fully saturated rings. The number of sulfonamides is 1. The van der Waals surface area contributed by atoms with Crippen LogP contribution in [0.3, 0.4) is 0 Å². The molecule has 0 spiro atoms. The first kappa shape index (κ1) is 28.2. The fourth-order valence-electron chi connectivity index (χ4n) is 4.54. The molecule has 4 rings (SSSR count). The Kier molecular flexibility index (Phi) is 9.14. The van der Waals surface area contributed by atoms with E-state index in [0.717, 1.165) is 35.7 Å². The molecule has 2 N–H and O–H groups in total. The quantitative estimate of drug-likeness (QED) is 0.327. The van der Waals surface area contributed by atoms with Crippen molar-refractivity contribution in [2.75, 3.05) is 38.4 Å². The molecule has 38 heavy (non-hydrogen) atoms. The monoisotopic (exact) mass is 578 g/mol. The Morgan fingerprint density at radius 3 is 2.45 bits per heavy atom. The largest absolute Gasteiger partial charge is 0.495 e. The van der Waals surface area contributed by atoms with Crippen LogP contribution >= 0.6 is 22.9 Å². The van der Waals surface area contributed by atoms with Gasteiger partial charge < -0.3 is 20.1 Å². The lowest BCUT2D eigenvalue weighted by Gasteiger charge is -2.33. The number of methoxy groups -OCH3 is 2. The molecule has 0 aliphatic heterocycles. The molecule has 204 valence electrons. The number of hydrogen-bond donors (Lipinski definition) is 2. The van der Waals surface area contributed by atoms with Crippen LogP contribution in [-0.4, -0.2) is 57.5 Å². The van der Waals surface area contributed by atoms with Crippen molar-refractivity contribution in [3.05, 3.63) is 46.8 Å². The molecule has 1 aromatic heterocycles. The first-order valence-corrected chi connectivity index (χ1v) is 14.9. The second-order valence-electron chi connectivity index (χ2n) is 8.89. The lowest BCUT2D eigenvalue weighted by Crippen LogP contribution is -2.45. The number of rotatable bonds is 10. The lowest BCUT2D eigenvalue weighted by atomic mass is 9.95. The van der Waals surface area contributed by atoms with E-state index in [9.17, 15) is 13.2 Å². The summed E-state index contributed by atoms with van der Waals surface area (Å²) in [6.07, 6.45) is 4.22. The number of halogens is 1.